The van der Waals surface area contributed by atoms with E-state index < -0.39 is 37.9 Å². The number of sulfonamides is 1. The van der Waals surface area contributed by atoms with Crippen LogP contribution in [0.3, 0.4) is 0 Å². The number of nitrogens with one attached hydrogen (secondary N) is 1. The molecule has 2 aromatic carbocycles. The molecule has 1 N–H and O–H groups in total. The van der Waals surface area contributed by atoms with E-state index in [2.05, 4.69) is 20.7 Å². The second kappa shape index (κ2) is 8.55. The number of methoxy groups -OCH3 is 1. The summed E-state index contributed by atoms with van der Waals surface area (Å²) in [6.45, 7) is 3.59. The average Bonchev–Trinajstić information content (AvgIpc) is 3.46. The molecule has 1 aliphatic rings. The molecule has 1 unspecified atom stereocenters. The van der Waals surface area contributed by atoms with Crippen LogP contribution in [-0.4, -0.2) is 20.3 Å². The average molecular weight is 570 g/mol. The highest BCUT2D eigenvalue weighted by Gasteiger charge is 2.54. The lowest BCUT2D eigenvalue weighted by Gasteiger charge is -2.26. The van der Waals surface area contributed by atoms with Gasteiger partial charge in [0, 0.05) is 9.64 Å². The van der Waals surface area contributed by atoms with Gasteiger partial charge in [0.2, 0.25) is 10.0 Å². The van der Waals surface area contributed by atoms with Crippen molar-refractivity contribution < 1.29 is 26.3 Å². The topological polar surface area (TPSA) is 58.6 Å². The number of ether oxygens (including phenoxy) is 1. The molecule has 30 heavy (non-hydrogen) atoms. The third-order valence-corrected chi connectivity index (χ3v) is 8.31. The molecule has 162 valence electrons. The number of benzene rings is 2. The fourth-order valence-electron chi connectivity index (χ4n) is 3.10. The van der Waals surface area contributed by atoms with Crippen LogP contribution in [-0.2, 0) is 10.0 Å². The molecule has 0 radical (unpaired) electrons. The zero-order chi connectivity index (χ0) is 22.3. The van der Waals surface area contributed by atoms with E-state index in [9.17, 15) is 21.6 Å². The lowest BCUT2D eigenvalue weighted by Crippen LogP contribution is -2.30. The number of allylic oxidation sites excluding steroid dienone is 1. The SMILES string of the molecule is C=CCC1(S(=O)(=O)Nc2c(OC)cc(F)c(F)c2N(P)c2ccc(I)cc2F)CC1. The fraction of sp³-hybridized carbons (Fsp3) is 0.263. The molecule has 1 aliphatic carbocycles. The van der Waals surface area contributed by atoms with Crippen LogP contribution < -0.4 is 14.1 Å². The molecule has 0 saturated heterocycles. The van der Waals surface area contributed by atoms with E-state index in [0.717, 1.165) is 10.7 Å². The molecule has 11 heteroatoms. The predicted molar refractivity (Wildman–Crippen MR) is 123 cm³/mol. The molecule has 0 amide bonds. The summed E-state index contributed by atoms with van der Waals surface area (Å²) in [7, 11) is -0.717. The number of hydrogen-bond donors (Lipinski definition) is 1. The first-order valence-electron chi connectivity index (χ1n) is 8.76. The number of hydrogen-bond acceptors (Lipinski definition) is 4. The standard InChI is InChI=1S/C19H19F3IN2O3PS/c1-3-6-19(7-8-19)30(26,27)24-17-15(28-2)10-13(21)16(22)18(17)25(29)14-5-4-11(23)9-12(14)20/h3-5,9-10,24H,1,6-8,29H2,2H3. The van der Waals surface area contributed by atoms with Crippen LogP contribution in [0, 0.1) is 21.0 Å². The maximum absolute atomic E-state index is 14.9. The van der Waals surface area contributed by atoms with Crippen molar-refractivity contribution in [1.29, 1.82) is 0 Å². The van der Waals surface area contributed by atoms with Crippen molar-refractivity contribution in [3.63, 3.8) is 0 Å². The maximum atomic E-state index is 14.9. The number of rotatable bonds is 8. The zero-order valence-electron chi connectivity index (χ0n) is 15.9. The summed E-state index contributed by atoms with van der Waals surface area (Å²) in [5, 5.41) is 0. The zero-order valence-corrected chi connectivity index (χ0v) is 20.0. The highest BCUT2D eigenvalue weighted by Crippen LogP contribution is 2.50. The third-order valence-electron chi connectivity index (χ3n) is 4.92. The highest BCUT2D eigenvalue weighted by molar-refractivity contribution is 14.1. The van der Waals surface area contributed by atoms with Crippen LogP contribution in [0.5, 0.6) is 5.75 Å². The van der Waals surface area contributed by atoms with Gasteiger partial charge in [0.25, 0.3) is 0 Å². The highest BCUT2D eigenvalue weighted by atomic mass is 127. The molecule has 0 aromatic heterocycles. The third kappa shape index (κ3) is 4.13. The van der Waals surface area contributed by atoms with Gasteiger partial charge < -0.3 is 9.41 Å². The second-order valence-corrected chi connectivity index (χ2v) is 10.7. The Labute approximate surface area is 189 Å². The molecule has 0 heterocycles. The van der Waals surface area contributed by atoms with Crippen molar-refractivity contribution in [3.8, 4) is 5.75 Å². The van der Waals surface area contributed by atoms with Gasteiger partial charge in [-0.1, -0.05) is 6.08 Å². The number of nitrogens with zero attached hydrogens (tertiary/aromatic N) is 1. The van der Waals surface area contributed by atoms with Crippen LogP contribution in [0.4, 0.5) is 30.2 Å². The Morgan fingerprint density at radius 2 is 1.97 bits per heavy atom. The van der Waals surface area contributed by atoms with Gasteiger partial charge in [0.1, 0.15) is 22.9 Å². The number of anilines is 3. The smallest absolute Gasteiger partial charge is 0.238 e. The summed E-state index contributed by atoms with van der Waals surface area (Å²) < 4.78 is 77.7. The summed E-state index contributed by atoms with van der Waals surface area (Å²) >= 11 is 1.91. The van der Waals surface area contributed by atoms with Crippen LogP contribution in [0.25, 0.3) is 0 Å². The lowest BCUT2D eigenvalue weighted by atomic mass is 10.2. The van der Waals surface area contributed by atoms with Crippen molar-refractivity contribution in [3.05, 3.63) is 57.9 Å². The van der Waals surface area contributed by atoms with E-state index in [4.69, 9.17) is 4.74 Å². The van der Waals surface area contributed by atoms with Crippen LogP contribution in [0.15, 0.2) is 36.9 Å². The minimum atomic E-state index is -4.00. The van der Waals surface area contributed by atoms with E-state index in [1.54, 1.807) is 6.07 Å². The van der Waals surface area contributed by atoms with Crippen LogP contribution in [0.2, 0.25) is 0 Å². The summed E-state index contributed by atoms with van der Waals surface area (Å²) in [5.41, 5.74) is -0.936. The summed E-state index contributed by atoms with van der Waals surface area (Å²) in [6, 6.07) is 4.91. The molecule has 1 atom stereocenters. The quantitative estimate of drug-likeness (QED) is 0.259. The molecule has 5 nitrogen and oxygen atoms in total. The predicted octanol–water partition coefficient (Wildman–Crippen LogP) is 5.50. The van der Waals surface area contributed by atoms with Crippen LogP contribution >= 0.6 is 32.0 Å². The van der Waals surface area contributed by atoms with Gasteiger partial charge in [-0.2, -0.15) is 0 Å². The Balaban J connectivity index is 2.18. The van der Waals surface area contributed by atoms with Crippen molar-refractivity contribution >= 4 is 59.1 Å². The molecular formula is C19H19F3IN2O3PS. The van der Waals surface area contributed by atoms with Crippen molar-refractivity contribution in [2.24, 2.45) is 0 Å². The van der Waals surface area contributed by atoms with Gasteiger partial charge in [0.05, 0.1) is 17.5 Å². The van der Waals surface area contributed by atoms with Gasteiger partial charge in [-0.15, -0.1) is 6.58 Å². The molecule has 2 aromatic rings. The summed E-state index contributed by atoms with van der Waals surface area (Å²) in [5.74, 6) is -3.55. The first kappa shape index (κ1) is 23.1. The van der Waals surface area contributed by atoms with E-state index in [0.29, 0.717) is 16.4 Å². The Morgan fingerprint density at radius 1 is 1.30 bits per heavy atom. The van der Waals surface area contributed by atoms with Crippen LogP contribution in [0.1, 0.15) is 19.3 Å². The number of halogens is 4. The van der Waals surface area contributed by atoms with E-state index in [1.165, 1.54) is 25.3 Å². The Bertz CT molecular complexity index is 1110. The van der Waals surface area contributed by atoms with E-state index >= 15 is 0 Å². The van der Waals surface area contributed by atoms with Crippen molar-refractivity contribution in [1.82, 2.24) is 0 Å². The van der Waals surface area contributed by atoms with Gasteiger partial charge in [-0.05, 0) is 69.4 Å². The Morgan fingerprint density at radius 3 is 2.50 bits per heavy atom. The maximum Gasteiger partial charge on any atom is 0.238 e. The minimum absolute atomic E-state index is 0.0976. The van der Waals surface area contributed by atoms with E-state index in [-0.39, 0.29) is 23.5 Å². The molecule has 0 bridgehead atoms. The fourth-order valence-corrected chi connectivity index (χ4v) is 5.67. The Hall–Kier alpha value is -1.52. The molecule has 0 spiro atoms. The van der Waals surface area contributed by atoms with E-state index in [1.807, 2.05) is 22.6 Å². The normalized spacial score (nSPS) is 14.9. The largest absolute Gasteiger partial charge is 0.494 e. The summed E-state index contributed by atoms with van der Waals surface area (Å²) in [6.07, 6.45) is 2.52. The second-order valence-electron chi connectivity index (χ2n) is 6.85. The molecule has 1 saturated carbocycles. The first-order valence-corrected chi connectivity index (χ1v) is 11.8. The van der Waals surface area contributed by atoms with Gasteiger partial charge in [0.15, 0.2) is 11.6 Å². The summed E-state index contributed by atoms with van der Waals surface area (Å²) in [4.78, 5) is 0. The Kier molecular flexibility index (Phi) is 6.60. The van der Waals surface area contributed by atoms with Gasteiger partial charge >= 0.3 is 0 Å². The minimum Gasteiger partial charge on any atom is -0.494 e. The molecular weight excluding hydrogens is 551 g/mol. The molecule has 0 aliphatic heterocycles. The molecule has 1 fully saturated rings. The monoisotopic (exact) mass is 570 g/mol. The lowest BCUT2D eigenvalue weighted by molar-refractivity contribution is 0.409. The first-order chi connectivity index (χ1) is 14.1. The van der Waals surface area contributed by atoms with Gasteiger partial charge in [-0.25, -0.2) is 21.6 Å². The molecule has 3 rings (SSSR count). The van der Waals surface area contributed by atoms with Gasteiger partial charge in [-0.3, -0.25) is 4.72 Å². The van der Waals surface area contributed by atoms with Crippen molar-refractivity contribution in [2.45, 2.75) is 24.0 Å². The van der Waals surface area contributed by atoms with Crippen molar-refractivity contribution in [2.75, 3.05) is 16.5 Å².